The van der Waals surface area contributed by atoms with Crippen LogP contribution in [0.4, 0.5) is 0 Å². The number of nitrogens with one attached hydrogen (secondary N) is 1. The smallest absolute Gasteiger partial charge is 0.0759 e. The molecule has 0 aromatic heterocycles. The van der Waals surface area contributed by atoms with E-state index in [-0.39, 0.29) is 6.04 Å². The van der Waals surface area contributed by atoms with Crippen molar-refractivity contribution in [2.45, 2.75) is 74.5 Å². The van der Waals surface area contributed by atoms with Crippen LogP contribution in [0, 0.1) is 13.8 Å². The standard InChI is InChI=1S/C19H25BrN2O2S.C12H18N2.C7H8BrClO2S/c1-15-13-18(7-8-19(15)20)25(23,24)21-17-9-11-22(12-10-17)14-16-5-3-2-4-6-16;13-12-6-8-14(9-7-12)10-11-4-2-1-3-5-11;1-5-4-6(12(9,10)11)2-3-7(5)8/h2-8,13,17,21,23-24H,9-12,14H2,1H3;1-5,12H,6-10,13H2;2-4,10-11H,1H3. The number of likely N-dealkylation sites (tertiary alicyclic amines) is 2. The number of nitrogens with two attached hydrogens (primary N) is 1. The highest BCUT2D eigenvalue weighted by atomic mass is 79.9. The van der Waals surface area contributed by atoms with Crippen molar-refractivity contribution in [3.8, 4) is 0 Å². The molecule has 8 nitrogen and oxygen atoms in total. The molecule has 2 aliphatic heterocycles. The number of aryl methyl sites for hydroxylation is 2. The summed E-state index contributed by atoms with van der Waals surface area (Å²) in [6.45, 7) is 10.1. The van der Waals surface area contributed by atoms with E-state index in [4.69, 9.17) is 25.5 Å². The zero-order chi connectivity index (χ0) is 37.0. The van der Waals surface area contributed by atoms with E-state index in [1.807, 2.05) is 32.0 Å². The Bertz CT molecular complexity index is 1640. The second kappa shape index (κ2) is 20.3. The Balaban J connectivity index is 0.000000189. The van der Waals surface area contributed by atoms with E-state index in [1.54, 1.807) is 24.3 Å². The second-order valence-electron chi connectivity index (χ2n) is 13.1. The number of hydrogen-bond acceptors (Lipinski definition) is 8. The highest BCUT2D eigenvalue weighted by Crippen LogP contribution is 2.53. The van der Waals surface area contributed by atoms with Crippen LogP contribution in [0.15, 0.2) is 116 Å². The van der Waals surface area contributed by atoms with Crippen molar-refractivity contribution < 1.29 is 18.2 Å². The lowest BCUT2D eigenvalue weighted by Crippen LogP contribution is -2.42. The molecule has 0 unspecified atom stereocenters. The SMILES string of the molecule is Cc1cc(S(O)(O)Cl)ccc1Br.Cc1cc(S(O)(O)NC2CCN(Cc3ccccc3)CC2)ccc1Br.NC1CCN(Cc2ccccc2)CC1. The van der Waals surface area contributed by atoms with Crippen LogP contribution in [0.1, 0.15) is 47.9 Å². The molecule has 0 bridgehead atoms. The zero-order valence-electron chi connectivity index (χ0n) is 29.2. The number of piperidine rings is 2. The third-order valence-corrected chi connectivity index (χ3v) is 13.7. The topological polar surface area (TPSA) is 125 Å². The molecule has 51 heavy (non-hydrogen) atoms. The Kier molecular flexibility index (Phi) is 16.8. The van der Waals surface area contributed by atoms with Gasteiger partial charge in [0.15, 0.2) is 0 Å². The largest absolute Gasteiger partial charge is 0.328 e. The molecular formula is C38H51Br2ClN4O4S2. The molecule has 6 rings (SSSR count). The van der Waals surface area contributed by atoms with Gasteiger partial charge in [-0.15, -0.1) is 10.8 Å². The first-order valence-electron chi connectivity index (χ1n) is 17.0. The number of hydrogen-bond donors (Lipinski definition) is 6. The summed E-state index contributed by atoms with van der Waals surface area (Å²) in [4.78, 5) is 5.81. The molecule has 2 fully saturated rings. The first-order chi connectivity index (χ1) is 24.2. The van der Waals surface area contributed by atoms with E-state index in [0.29, 0.717) is 15.8 Å². The summed E-state index contributed by atoms with van der Waals surface area (Å²) in [5, 5.41) is 0. The van der Waals surface area contributed by atoms with Gasteiger partial charge in [0.2, 0.25) is 0 Å². The average molecular weight is 887 g/mol. The van der Waals surface area contributed by atoms with E-state index in [2.05, 4.69) is 101 Å². The van der Waals surface area contributed by atoms with Crippen molar-refractivity contribution >= 4 is 63.1 Å². The summed E-state index contributed by atoms with van der Waals surface area (Å²) in [7, 11) is -0.694. The first-order valence-corrected chi connectivity index (χ1v) is 22.5. The van der Waals surface area contributed by atoms with Gasteiger partial charge < -0.3 is 5.73 Å². The van der Waals surface area contributed by atoms with Gasteiger partial charge in [-0.05, 0) is 111 Å². The summed E-state index contributed by atoms with van der Waals surface area (Å²) < 4.78 is 44.3. The maximum absolute atomic E-state index is 10.6. The van der Waals surface area contributed by atoms with Crippen LogP contribution < -0.4 is 10.5 Å². The van der Waals surface area contributed by atoms with Crippen LogP contribution in [0.2, 0.25) is 0 Å². The Hall–Kier alpha value is -1.49. The average Bonchev–Trinajstić information content (AvgIpc) is 3.10. The van der Waals surface area contributed by atoms with Gasteiger partial charge in [-0.1, -0.05) is 102 Å². The van der Waals surface area contributed by atoms with E-state index in [9.17, 15) is 9.11 Å². The van der Waals surface area contributed by atoms with Gasteiger partial charge in [-0.2, -0.15) is 0 Å². The maximum atomic E-state index is 10.6. The predicted octanol–water partition coefficient (Wildman–Crippen LogP) is 10.7. The lowest BCUT2D eigenvalue weighted by Gasteiger charge is -2.40. The lowest BCUT2D eigenvalue weighted by atomic mass is 10.1. The van der Waals surface area contributed by atoms with Crippen LogP contribution in [0.5, 0.6) is 0 Å². The molecule has 0 saturated carbocycles. The molecule has 0 atom stereocenters. The minimum atomic E-state index is -3.09. The minimum Gasteiger partial charge on any atom is -0.328 e. The number of halogens is 3. The first kappa shape index (κ1) is 42.3. The molecule has 4 aromatic rings. The number of rotatable bonds is 8. The van der Waals surface area contributed by atoms with Gasteiger partial charge in [-0.3, -0.25) is 28.0 Å². The molecule has 0 amide bonds. The number of benzene rings is 4. The Morgan fingerprint density at radius 2 is 1.08 bits per heavy atom. The van der Waals surface area contributed by atoms with Crippen molar-refractivity contribution in [2.75, 3.05) is 26.2 Å². The molecule has 0 spiro atoms. The van der Waals surface area contributed by atoms with E-state index >= 15 is 0 Å². The maximum Gasteiger partial charge on any atom is 0.0759 e. The molecule has 7 N–H and O–H groups in total. The Morgan fingerprint density at radius 1 is 0.667 bits per heavy atom. The summed E-state index contributed by atoms with van der Waals surface area (Å²) in [6, 6.07) is 32.1. The van der Waals surface area contributed by atoms with Gasteiger partial charge in [0, 0.05) is 57.9 Å². The van der Waals surface area contributed by atoms with Gasteiger partial charge in [0.25, 0.3) is 0 Å². The van der Waals surface area contributed by atoms with Crippen LogP contribution in [-0.2, 0) is 13.1 Å². The van der Waals surface area contributed by atoms with E-state index in [0.717, 1.165) is 85.0 Å². The molecule has 2 aliphatic rings. The molecule has 280 valence electrons. The van der Waals surface area contributed by atoms with Crippen molar-refractivity contribution in [3.05, 3.63) is 128 Å². The van der Waals surface area contributed by atoms with Crippen LogP contribution in [0.25, 0.3) is 0 Å². The third-order valence-electron chi connectivity index (χ3n) is 8.94. The van der Waals surface area contributed by atoms with Crippen molar-refractivity contribution in [1.29, 1.82) is 0 Å². The highest BCUT2D eigenvalue weighted by Gasteiger charge is 2.25. The Morgan fingerprint density at radius 3 is 1.51 bits per heavy atom. The molecule has 2 heterocycles. The minimum absolute atomic E-state index is 0.126. The second-order valence-corrected chi connectivity index (χ2v) is 19.3. The summed E-state index contributed by atoms with van der Waals surface area (Å²) >= 11 is 6.75. The van der Waals surface area contributed by atoms with Crippen LogP contribution in [-0.4, -0.2) is 66.3 Å². The summed E-state index contributed by atoms with van der Waals surface area (Å²) in [5.41, 5.74) is 10.5. The monoisotopic (exact) mass is 884 g/mol. The summed E-state index contributed by atoms with van der Waals surface area (Å²) in [5.74, 6) is 0. The van der Waals surface area contributed by atoms with Crippen molar-refractivity contribution in [3.63, 3.8) is 0 Å². The van der Waals surface area contributed by atoms with Crippen LogP contribution >= 0.6 is 63.1 Å². The predicted molar refractivity (Wildman–Crippen MR) is 223 cm³/mol. The van der Waals surface area contributed by atoms with Gasteiger partial charge >= 0.3 is 0 Å². The fourth-order valence-corrected chi connectivity index (χ4v) is 8.66. The molecule has 0 aliphatic carbocycles. The van der Waals surface area contributed by atoms with Gasteiger partial charge in [0.1, 0.15) is 0 Å². The highest BCUT2D eigenvalue weighted by molar-refractivity contribution is 9.10. The fourth-order valence-electron chi connectivity index (χ4n) is 5.88. The third kappa shape index (κ3) is 14.4. The van der Waals surface area contributed by atoms with Gasteiger partial charge in [0.05, 0.1) is 9.79 Å². The van der Waals surface area contributed by atoms with E-state index < -0.39 is 20.6 Å². The van der Waals surface area contributed by atoms with Crippen molar-refractivity contribution in [2.24, 2.45) is 5.73 Å². The quantitative estimate of drug-likeness (QED) is 0.103. The molecule has 13 heteroatoms. The van der Waals surface area contributed by atoms with Gasteiger partial charge in [-0.25, -0.2) is 4.72 Å². The molecule has 0 radical (unpaired) electrons. The number of nitrogens with zero attached hydrogens (tertiary/aromatic N) is 2. The summed E-state index contributed by atoms with van der Waals surface area (Å²) in [6.07, 6.45) is 4.12. The molecular weight excluding hydrogens is 836 g/mol. The van der Waals surface area contributed by atoms with Crippen LogP contribution in [0.3, 0.4) is 0 Å². The normalized spacial score (nSPS) is 17.1. The van der Waals surface area contributed by atoms with E-state index in [1.165, 1.54) is 11.1 Å². The Labute approximate surface area is 328 Å². The van der Waals surface area contributed by atoms with Crippen molar-refractivity contribution in [1.82, 2.24) is 14.5 Å². The lowest BCUT2D eigenvalue weighted by molar-refractivity contribution is 0.198. The zero-order valence-corrected chi connectivity index (χ0v) is 34.7. The molecule has 4 aromatic carbocycles. The fraction of sp³-hybridized carbons (Fsp3) is 0.368. The molecule has 2 saturated heterocycles.